The Hall–Kier alpha value is -0.990. The molecular weight excluding hydrogens is 347 g/mol. The van der Waals surface area contributed by atoms with Gasteiger partial charge in [-0.15, -0.1) is 0 Å². The topological polar surface area (TPSA) is 59.2 Å². The molecule has 0 saturated carbocycles. The molecule has 94 valence electrons. The van der Waals surface area contributed by atoms with Crippen molar-refractivity contribution in [3.8, 4) is 0 Å². The first-order valence-corrected chi connectivity index (χ1v) is 5.89. The van der Waals surface area contributed by atoms with Crippen molar-refractivity contribution in [3.63, 3.8) is 0 Å². The summed E-state index contributed by atoms with van der Waals surface area (Å²) in [5.41, 5.74) is -1.34. The Morgan fingerprint density at radius 1 is 1.59 bits per heavy atom. The molecule has 7 heteroatoms. The lowest BCUT2D eigenvalue weighted by atomic mass is 10.1. The average molecular weight is 357 g/mol. The Morgan fingerprint density at radius 2 is 2.24 bits per heavy atom. The predicted octanol–water partition coefficient (Wildman–Crippen LogP) is 2.02. The summed E-state index contributed by atoms with van der Waals surface area (Å²) in [4.78, 5) is 25.1. The monoisotopic (exact) mass is 357 g/mol. The second-order valence-electron chi connectivity index (χ2n) is 3.16. The largest absolute Gasteiger partial charge is 0.466 e. The van der Waals surface area contributed by atoms with Gasteiger partial charge in [0.05, 0.1) is 16.7 Å². The van der Waals surface area contributed by atoms with Gasteiger partial charge in [-0.25, -0.2) is 8.78 Å². The quantitative estimate of drug-likeness (QED) is 0.510. The Morgan fingerprint density at radius 3 is 2.76 bits per heavy atom. The molecular formula is C10H10F2INO3. The van der Waals surface area contributed by atoms with E-state index in [0.29, 0.717) is 3.70 Å². The van der Waals surface area contributed by atoms with Crippen LogP contribution in [0.4, 0.5) is 8.78 Å². The average Bonchev–Trinajstić information content (AvgIpc) is 2.21. The Labute approximate surface area is 110 Å². The number of rotatable bonds is 4. The van der Waals surface area contributed by atoms with Crippen molar-refractivity contribution in [1.29, 1.82) is 0 Å². The Bertz CT molecular complexity index is 473. The predicted molar refractivity (Wildman–Crippen MR) is 65.1 cm³/mol. The smallest absolute Gasteiger partial charge is 0.310 e. The number of carbonyl (C=O) groups excluding carboxylic acids is 1. The Kier molecular flexibility index (Phi) is 5.03. The fraction of sp³-hybridized carbons (Fsp3) is 0.400. The number of alkyl halides is 2. The first-order valence-electron chi connectivity index (χ1n) is 4.81. The zero-order valence-corrected chi connectivity index (χ0v) is 11.1. The summed E-state index contributed by atoms with van der Waals surface area (Å²) in [6.07, 6.45) is -3.24. The molecule has 4 nitrogen and oxygen atoms in total. The summed E-state index contributed by atoms with van der Waals surface area (Å²) in [6.45, 7) is 1.75. The first kappa shape index (κ1) is 14.1. The number of carbonyl (C=O) groups is 1. The van der Waals surface area contributed by atoms with E-state index < -0.39 is 29.9 Å². The molecule has 0 atom stereocenters. The number of esters is 1. The van der Waals surface area contributed by atoms with Gasteiger partial charge in [-0.3, -0.25) is 9.59 Å². The summed E-state index contributed by atoms with van der Waals surface area (Å²) in [6, 6.07) is 1.15. The van der Waals surface area contributed by atoms with E-state index in [9.17, 15) is 18.4 Å². The van der Waals surface area contributed by atoms with Crippen LogP contribution in [-0.2, 0) is 16.0 Å². The third-order valence-electron chi connectivity index (χ3n) is 2.00. The maximum atomic E-state index is 12.7. The van der Waals surface area contributed by atoms with E-state index >= 15 is 0 Å². The number of pyridine rings is 1. The van der Waals surface area contributed by atoms with Gasteiger partial charge in [0.1, 0.15) is 0 Å². The maximum absolute atomic E-state index is 12.7. The minimum atomic E-state index is -2.80. The molecule has 0 aliphatic rings. The number of H-pyrrole nitrogens is 1. The molecule has 0 aromatic carbocycles. The van der Waals surface area contributed by atoms with E-state index in [-0.39, 0.29) is 12.2 Å². The van der Waals surface area contributed by atoms with Crippen molar-refractivity contribution in [2.45, 2.75) is 19.8 Å². The summed E-state index contributed by atoms with van der Waals surface area (Å²) in [5, 5.41) is 0. The molecule has 1 aromatic heterocycles. The summed E-state index contributed by atoms with van der Waals surface area (Å²) in [5.74, 6) is -0.693. The van der Waals surface area contributed by atoms with Crippen LogP contribution in [-0.4, -0.2) is 17.6 Å². The number of nitrogens with one attached hydrogen (secondary N) is 1. The van der Waals surface area contributed by atoms with Crippen LogP contribution in [0.3, 0.4) is 0 Å². The maximum Gasteiger partial charge on any atom is 0.310 e. The molecule has 0 aliphatic heterocycles. The second-order valence-corrected chi connectivity index (χ2v) is 4.32. The van der Waals surface area contributed by atoms with Crippen LogP contribution in [0.25, 0.3) is 0 Å². The molecule has 1 heterocycles. The van der Waals surface area contributed by atoms with Crippen molar-refractivity contribution in [1.82, 2.24) is 4.98 Å². The van der Waals surface area contributed by atoms with E-state index in [4.69, 9.17) is 0 Å². The molecule has 0 saturated heterocycles. The van der Waals surface area contributed by atoms with Crippen LogP contribution in [0, 0.1) is 3.70 Å². The van der Waals surface area contributed by atoms with Gasteiger partial charge in [-0.05, 0) is 35.6 Å². The molecule has 0 aliphatic carbocycles. The minimum Gasteiger partial charge on any atom is -0.466 e. The highest BCUT2D eigenvalue weighted by atomic mass is 127. The highest BCUT2D eigenvalue weighted by Gasteiger charge is 2.19. The third kappa shape index (κ3) is 3.76. The van der Waals surface area contributed by atoms with Crippen LogP contribution < -0.4 is 5.56 Å². The van der Waals surface area contributed by atoms with Gasteiger partial charge in [-0.2, -0.15) is 0 Å². The Balaban J connectivity index is 3.13. The lowest BCUT2D eigenvalue weighted by molar-refractivity contribution is -0.142. The number of ether oxygens (including phenoxy) is 1. The van der Waals surface area contributed by atoms with Crippen molar-refractivity contribution in [2.75, 3.05) is 6.61 Å². The molecule has 1 rings (SSSR count). The molecule has 0 unspecified atom stereocenters. The highest BCUT2D eigenvalue weighted by Crippen LogP contribution is 2.22. The number of hydrogen-bond acceptors (Lipinski definition) is 3. The lowest BCUT2D eigenvalue weighted by Crippen LogP contribution is -2.21. The number of halogens is 3. The molecule has 0 radical (unpaired) electrons. The fourth-order valence-corrected chi connectivity index (χ4v) is 1.89. The van der Waals surface area contributed by atoms with Gasteiger partial charge in [0.25, 0.3) is 12.0 Å². The molecule has 0 spiro atoms. The number of hydrogen-bond donors (Lipinski definition) is 1. The molecule has 0 fully saturated rings. The summed E-state index contributed by atoms with van der Waals surface area (Å²) < 4.78 is 30.4. The second kappa shape index (κ2) is 6.08. The standard InChI is InChI=1S/C10H10F2INO3/c1-2-17-8(15)4-6-5(9(11)12)3-7(13)14-10(6)16/h3,9H,2,4H2,1H3,(H,14,16). The molecule has 0 bridgehead atoms. The van der Waals surface area contributed by atoms with Gasteiger partial charge in [0.15, 0.2) is 0 Å². The van der Waals surface area contributed by atoms with Crippen LogP contribution in [0.5, 0.6) is 0 Å². The molecule has 0 amide bonds. The number of aromatic amines is 1. The first-order chi connectivity index (χ1) is 7.95. The zero-order valence-electron chi connectivity index (χ0n) is 8.93. The van der Waals surface area contributed by atoms with Gasteiger partial charge >= 0.3 is 5.97 Å². The summed E-state index contributed by atoms with van der Waals surface area (Å²) >= 11 is 1.73. The van der Waals surface area contributed by atoms with Gasteiger partial charge < -0.3 is 9.72 Å². The number of aromatic nitrogens is 1. The van der Waals surface area contributed by atoms with E-state index in [1.165, 1.54) is 0 Å². The van der Waals surface area contributed by atoms with Crippen molar-refractivity contribution in [3.05, 3.63) is 31.2 Å². The third-order valence-corrected chi connectivity index (χ3v) is 2.58. The summed E-state index contributed by atoms with van der Waals surface area (Å²) in [7, 11) is 0. The van der Waals surface area contributed by atoms with Crippen LogP contribution >= 0.6 is 22.6 Å². The SMILES string of the molecule is CCOC(=O)Cc1c(C(F)F)cc(I)[nH]c1=O. The molecule has 17 heavy (non-hydrogen) atoms. The van der Waals surface area contributed by atoms with Crippen molar-refractivity contribution >= 4 is 28.6 Å². The van der Waals surface area contributed by atoms with Gasteiger partial charge in [0, 0.05) is 11.1 Å². The van der Waals surface area contributed by atoms with Crippen molar-refractivity contribution < 1.29 is 18.3 Å². The van der Waals surface area contributed by atoms with E-state index in [2.05, 4.69) is 9.72 Å². The fourth-order valence-electron chi connectivity index (χ4n) is 1.31. The normalized spacial score (nSPS) is 10.6. The van der Waals surface area contributed by atoms with Crippen LogP contribution in [0.2, 0.25) is 0 Å². The van der Waals surface area contributed by atoms with Crippen molar-refractivity contribution in [2.24, 2.45) is 0 Å². The minimum absolute atomic E-state index is 0.144. The van der Waals surface area contributed by atoms with Gasteiger partial charge in [0.2, 0.25) is 0 Å². The lowest BCUT2D eigenvalue weighted by Gasteiger charge is -2.08. The van der Waals surface area contributed by atoms with E-state index in [1.54, 1.807) is 29.5 Å². The van der Waals surface area contributed by atoms with Crippen LogP contribution in [0.1, 0.15) is 24.5 Å². The van der Waals surface area contributed by atoms with E-state index in [0.717, 1.165) is 6.07 Å². The zero-order chi connectivity index (χ0) is 13.0. The van der Waals surface area contributed by atoms with E-state index in [1.807, 2.05) is 0 Å². The highest BCUT2D eigenvalue weighted by molar-refractivity contribution is 14.1. The van der Waals surface area contributed by atoms with Crippen LogP contribution in [0.15, 0.2) is 10.9 Å². The molecule has 1 aromatic rings. The molecule has 1 N–H and O–H groups in total. The van der Waals surface area contributed by atoms with Gasteiger partial charge in [-0.1, -0.05) is 0 Å².